The summed E-state index contributed by atoms with van der Waals surface area (Å²) in [7, 11) is 3.69. The van der Waals surface area contributed by atoms with Crippen LogP contribution in [0.2, 0.25) is 0 Å². The molecule has 0 radical (unpaired) electrons. The molecule has 2 aromatic rings. The summed E-state index contributed by atoms with van der Waals surface area (Å²) >= 11 is 0. The molecule has 0 aliphatic carbocycles. The Morgan fingerprint density at radius 2 is 2.28 bits per heavy atom. The van der Waals surface area contributed by atoms with E-state index in [-0.39, 0.29) is 6.54 Å². The lowest BCUT2D eigenvalue weighted by molar-refractivity contribution is -0.000479. The predicted molar refractivity (Wildman–Crippen MR) is 95.6 cm³/mol. The number of hydrazine groups is 1. The summed E-state index contributed by atoms with van der Waals surface area (Å²) in [6.07, 6.45) is 3.55. The molecule has 0 atom stereocenters. The van der Waals surface area contributed by atoms with Crippen LogP contribution in [0.15, 0.2) is 23.3 Å². The highest BCUT2D eigenvalue weighted by Crippen LogP contribution is 2.28. The van der Waals surface area contributed by atoms with Crippen LogP contribution >= 0.6 is 0 Å². The molecule has 0 amide bonds. The van der Waals surface area contributed by atoms with Gasteiger partial charge in [-0.05, 0) is 24.6 Å². The Morgan fingerprint density at radius 1 is 1.44 bits per heavy atom. The fourth-order valence-corrected chi connectivity index (χ4v) is 2.86. The molecule has 0 aromatic carbocycles. The molecule has 0 unspecified atom stereocenters. The number of alkyl halides is 1. The van der Waals surface area contributed by atoms with Crippen molar-refractivity contribution in [1.82, 2.24) is 19.8 Å². The third kappa shape index (κ3) is 3.69. The lowest BCUT2D eigenvalue weighted by atomic mass is 10.0. The third-order valence-electron chi connectivity index (χ3n) is 4.18. The van der Waals surface area contributed by atoms with Crippen molar-refractivity contribution in [2.24, 2.45) is 4.99 Å². The quantitative estimate of drug-likeness (QED) is 0.774. The number of aromatic nitrogens is 3. The minimum atomic E-state index is -0.436. The zero-order valence-corrected chi connectivity index (χ0v) is 14.8. The number of ether oxygens (including phenoxy) is 1. The summed E-state index contributed by atoms with van der Waals surface area (Å²) in [5.74, 6) is 0.821. The van der Waals surface area contributed by atoms with Gasteiger partial charge in [0.2, 0.25) is 0 Å². The monoisotopic (exact) mass is 346 g/mol. The van der Waals surface area contributed by atoms with Crippen LogP contribution < -0.4 is 5.01 Å². The summed E-state index contributed by atoms with van der Waals surface area (Å²) in [6.45, 7) is 3.72. The van der Waals surface area contributed by atoms with E-state index in [1.165, 1.54) is 0 Å². The topological polar surface area (TPSA) is 58.8 Å². The molecular formula is C17H23FN6O. The van der Waals surface area contributed by atoms with Crippen molar-refractivity contribution in [3.05, 3.63) is 29.6 Å². The van der Waals surface area contributed by atoms with E-state index in [9.17, 15) is 4.39 Å². The van der Waals surface area contributed by atoms with Crippen LogP contribution in [0.5, 0.6) is 0 Å². The second kappa shape index (κ2) is 7.71. The SMILES string of the molecule is C/N=C\c1nc(N2CCOCN2C)cc(-c2ccn(CCF)n2)c1C. The van der Waals surface area contributed by atoms with Gasteiger partial charge in [-0.25, -0.2) is 9.37 Å². The van der Waals surface area contributed by atoms with Gasteiger partial charge < -0.3 is 4.74 Å². The number of rotatable bonds is 5. The summed E-state index contributed by atoms with van der Waals surface area (Å²) in [5, 5.41) is 8.55. The van der Waals surface area contributed by atoms with E-state index in [0.29, 0.717) is 13.3 Å². The second-order valence-electron chi connectivity index (χ2n) is 5.90. The number of halogens is 1. The Bertz CT molecular complexity index is 760. The largest absolute Gasteiger partial charge is 0.363 e. The lowest BCUT2D eigenvalue weighted by Crippen LogP contribution is -2.48. The Kier molecular flexibility index (Phi) is 5.40. The summed E-state index contributed by atoms with van der Waals surface area (Å²) in [6, 6.07) is 3.92. The van der Waals surface area contributed by atoms with Crippen molar-refractivity contribution in [1.29, 1.82) is 0 Å². The highest BCUT2D eigenvalue weighted by Gasteiger charge is 2.21. The molecule has 0 N–H and O–H groups in total. The van der Waals surface area contributed by atoms with E-state index in [1.807, 2.05) is 31.1 Å². The molecule has 134 valence electrons. The molecule has 0 spiro atoms. The smallest absolute Gasteiger partial charge is 0.144 e. The van der Waals surface area contributed by atoms with E-state index in [4.69, 9.17) is 9.72 Å². The maximum absolute atomic E-state index is 12.6. The van der Waals surface area contributed by atoms with E-state index >= 15 is 0 Å². The first-order chi connectivity index (χ1) is 12.1. The Balaban J connectivity index is 2.06. The van der Waals surface area contributed by atoms with Gasteiger partial charge in [0.1, 0.15) is 19.2 Å². The molecule has 1 aliphatic heterocycles. The van der Waals surface area contributed by atoms with Gasteiger partial charge in [0.05, 0.1) is 31.1 Å². The van der Waals surface area contributed by atoms with Gasteiger partial charge in [-0.2, -0.15) is 10.1 Å². The first kappa shape index (κ1) is 17.5. The van der Waals surface area contributed by atoms with Crippen LogP contribution in [0.1, 0.15) is 11.3 Å². The highest BCUT2D eigenvalue weighted by atomic mass is 19.1. The van der Waals surface area contributed by atoms with Crippen LogP contribution in [0.4, 0.5) is 10.2 Å². The fraction of sp³-hybridized carbons (Fsp3) is 0.471. The normalized spacial score (nSPS) is 16.1. The Labute approximate surface area is 146 Å². The number of nitrogens with zero attached hydrogens (tertiary/aromatic N) is 6. The predicted octanol–water partition coefficient (Wildman–Crippen LogP) is 1.91. The van der Waals surface area contributed by atoms with Gasteiger partial charge in [0.25, 0.3) is 0 Å². The zero-order chi connectivity index (χ0) is 17.8. The number of anilines is 1. The van der Waals surface area contributed by atoms with E-state index < -0.39 is 6.67 Å². The first-order valence-electron chi connectivity index (χ1n) is 8.24. The van der Waals surface area contributed by atoms with Crippen molar-refractivity contribution in [3.63, 3.8) is 0 Å². The van der Waals surface area contributed by atoms with Crippen molar-refractivity contribution in [2.75, 3.05) is 45.7 Å². The Hall–Kier alpha value is -2.32. The second-order valence-corrected chi connectivity index (χ2v) is 5.90. The lowest BCUT2D eigenvalue weighted by Gasteiger charge is -2.36. The van der Waals surface area contributed by atoms with Gasteiger partial charge in [-0.3, -0.25) is 14.7 Å². The average molecular weight is 346 g/mol. The van der Waals surface area contributed by atoms with Crippen LogP contribution in [-0.2, 0) is 11.3 Å². The van der Waals surface area contributed by atoms with Crippen molar-refractivity contribution in [3.8, 4) is 11.3 Å². The van der Waals surface area contributed by atoms with Crippen LogP contribution in [0.25, 0.3) is 11.3 Å². The molecule has 7 nitrogen and oxygen atoms in total. The molecule has 2 aromatic heterocycles. The van der Waals surface area contributed by atoms with Gasteiger partial charge in [0.15, 0.2) is 0 Å². The summed E-state index contributed by atoms with van der Waals surface area (Å²) in [4.78, 5) is 8.87. The highest BCUT2D eigenvalue weighted by molar-refractivity contribution is 5.84. The number of aryl methyl sites for hydroxylation is 1. The molecule has 3 heterocycles. The fourth-order valence-electron chi connectivity index (χ4n) is 2.86. The van der Waals surface area contributed by atoms with Gasteiger partial charge in [0, 0.05) is 32.1 Å². The maximum Gasteiger partial charge on any atom is 0.144 e. The van der Waals surface area contributed by atoms with Gasteiger partial charge in [-0.1, -0.05) is 0 Å². The molecule has 1 aliphatic rings. The van der Waals surface area contributed by atoms with Crippen molar-refractivity contribution in [2.45, 2.75) is 13.5 Å². The molecule has 25 heavy (non-hydrogen) atoms. The molecule has 0 bridgehead atoms. The third-order valence-corrected chi connectivity index (χ3v) is 4.18. The number of hydrogen-bond donors (Lipinski definition) is 0. The van der Waals surface area contributed by atoms with Gasteiger partial charge >= 0.3 is 0 Å². The zero-order valence-electron chi connectivity index (χ0n) is 14.8. The number of aliphatic imine (C=N–C) groups is 1. The van der Waals surface area contributed by atoms with Crippen molar-refractivity contribution < 1.29 is 9.13 Å². The standard InChI is InChI=1S/C17H23FN6O/c1-13-14(15-4-6-23(21-15)7-5-18)10-17(20-16(13)11-19-2)24-8-9-25-12-22(24)3/h4,6,10-11H,5,7-9,12H2,1-3H3/b19-11-. The maximum atomic E-state index is 12.6. The average Bonchev–Trinajstić information content (AvgIpc) is 3.06. The first-order valence-corrected chi connectivity index (χ1v) is 8.24. The molecular weight excluding hydrogens is 323 g/mol. The van der Waals surface area contributed by atoms with Crippen LogP contribution in [0, 0.1) is 6.92 Å². The minimum Gasteiger partial charge on any atom is -0.363 e. The number of hydrogen-bond acceptors (Lipinski definition) is 6. The Morgan fingerprint density at radius 3 is 3.00 bits per heavy atom. The van der Waals surface area contributed by atoms with E-state index in [0.717, 1.165) is 34.9 Å². The van der Waals surface area contributed by atoms with E-state index in [1.54, 1.807) is 24.1 Å². The molecule has 8 heteroatoms. The minimum absolute atomic E-state index is 0.256. The van der Waals surface area contributed by atoms with E-state index in [2.05, 4.69) is 15.1 Å². The number of pyridine rings is 1. The molecule has 1 fully saturated rings. The molecule has 3 rings (SSSR count). The van der Waals surface area contributed by atoms with Crippen molar-refractivity contribution >= 4 is 12.0 Å². The van der Waals surface area contributed by atoms with Crippen LogP contribution in [-0.4, -0.2) is 66.6 Å². The molecule has 0 saturated carbocycles. The summed E-state index contributed by atoms with van der Waals surface area (Å²) < 4.78 is 19.6. The summed E-state index contributed by atoms with van der Waals surface area (Å²) in [5.41, 5.74) is 3.57. The van der Waals surface area contributed by atoms with Gasteiger partial charge in [-0.15, -0.1) is 0 Å². The van der Waals surface area contributed by atoms with Crippen LogP contribution in [0.3, 0.4) is 0 Å². The molecule has 1 saturated heterocycles.